The Bertz CT molecular complexity index is 1860. The Kier molecular flexibility index (Phi) is 12.9. The zero-order valence-corrected chi connectivity index (χ0v) is 29.7. The highest BCUT2D eigenvalue weighted by Gasteiger charge is 2.31. The lowest BCUT2D eigenvalue weighted by Gasteiger charge is -2.28. The average molecular weight is 818 g/mol. The fraction of sp³-hybridized carbons (Fsp3) is 0.321. The second-order valence-electron chi connectivity index (χ2n) is 10.7. The number of ether oxygens (including phenoxy) is 1. The Morgan fingerprint density at radius 3 is 2.53 bits per heavy atom. The van der Waals surface area contributed by atoms with Gasteiger partial charge in [0.1, 0.15) is 23.0 Å². The monoisotopic (exact) mass is 816 g/mol. The van der Waals surface area contributed by atoms with Crippen LogP contribution in [0.1, 0.15) is 25.2 Å². The largest absolute Gasteiger partial charge is 0.506 e. The summed E-state index contributed by atoms with van der Waals surface area (Å²) in [5, 5.41) is 27.8. The summed E-state index contributed by atoms with van der Waals surface area (Å²) >= 11 is 7.45. The van der Waals surface area contributed by atoms with E-state index in [2.05, 4.69) is 66.3 Å². The van der Waals surface area contributed by atoms with Gasteiger partial charge < -0.3 is 29.3 Å². The van der Waals surface area contributed by atoms with Crippen LogP contribution in [0, 0.1) is 34.9 Å². The Balaban J connectivity index is 0.000000236. The molecule has 0 radical (unpaired) electrons. The molecule has 2 aliphatic rings. The van der Waals surface area contributed by atoms with Gasteiger partial charge in [0, 0.05) is 30.6 Å². The molecule has 0 bridgehead atoms. The van der Waals surface area contributed by atoms with Crippen LogP contribution in [-0.2, 0) is 27.1 Å². The van der Waals surface area contributed by atoms with Gasteiger partial charge in [-0.25, -0.2) is 9.38 Å². The molecule has 0 aliphatic carbocycles. The number of anilines is 1. The summed E-state index contributed by atoms with van der Waals surface area (Å²) in [5.41, 5.74) is 1.18. The van der Waals surface area contributed by atoms with Gasteiger partial charge in [0.25, 0.3) is 5.91 Å². The van der Waals surface area contributed by atoms with Gasteiger partial charge in [-0.05, 0) is 55.5 Å². The number of nitrogens with one attached hydrogen (secondary N) is 1. The van der Waals surface area contributed by atoms with Crippen LogP contribution in [0.15, 0.2) is 38.2 Å². The Hall–Kier alpha value is -3.61. The molecule has 5 rings (SSSR count). The molecular weight excluding hydrogens is 790 g/mol. The number of aliphatic carboxylic acids is 1. The Labute approximate surface area is 289 Å². The van der Waals surface area contributed by atoms with Crippen molar-refractivity contribution in [2.45, 2.75) is 26.8 Å². The first-order valence-corrected chi connectivity index (χ1v) is 17.5. The van der Waals surface area contributed by atoms with E-state index in [1.807, 2.05) is 10.6 Å². The minimum absolute atomic E-state index is 0.0964. The van der Waals surface area contributed by atoms with Crippen LogP contribution in [0.2, 0.25) is 0 Å². The first kappa shape index (κ1) is 37.8. The van der Waals surface area contributed by atoms with Crippen molar-refractivity contribution in [3.63, 3.8) is 0 Å². The van der Waals surface area contributed by atoms with Crippen molar-refractivity contribution in [1.29, 1.82) is 5.26 Å². The van der Waals surface area contributed by atoms with Crippen molar-refractivity contribution in [2.24, 2.45) is 10.4 Å². The Morgan fingerprint density at radius 1 is 1.30 bits per heavy atom. The van der Waals surface area contributed by atoms with E-state index >= 15 is 0 Å². The number of nitriles is 1. The molecule has 47 heavy (non-hydrogen) atoms. The number of phenolic OH excluding ortho intramolecular Hbond substituents is 1. The van der Waals surface area contributed by atoms with Crippen molar-refractivity contribution in [2.75, 3.05) is 30.9 Å². The number of nitrogens with zero attached hydrogens (tertiary/aromatic N) is 5. The molecule has 0 spiro atoms. The van der Waals surface area contributed by atoms with Crippen molar-refractivity contribution in [3.05, 3.63) is 55.2 Å². The van der Waals surface area contributed by atoms with Gasteiger partial charge in [-0.2, -0.15) is 9.64 Å². The first-order chi connectivity index (χ1) is 21.9. The topological polar surface area (TPSA) is 211 Å². The fourth-order valence-corrected chi connectivity index (χ4v) is 6.53. The molecule has 19 heteroatoms. The van der Waals surface area contributed by atoms with Crippen LogP contribution in [0.4, 0.5) is 15.8 Å². The van der Waals surface area contributed by atoms with E-state index in [0.717, 1.165) is 18.8 Å². The average Bonchev–Trinajstić information content (AvgIpc) is 3.48. The smallest absolute Gasteiger partial charge is 0.339 e. The van der Waals surface area contributed by atoms with E-state index in [1.165, 1.54) is 28.6 Å². The minimum Gasteiger partial charge on any atom is -0.506 e. The summed E-state index contributed by atoms with van der Waals surface area (Å²) in [6.07, 6.45) is 5.62. The third-order valence-electron chi connectivity index (χ3n) is 6.17. The van der Waals surface area contributed by atoms with Crippen LogP contribution in [0.3, 0.4) is 0 Å². The van der Waals surface area contributed by atoms with Crippen molar-refractivity contribution < 1.29 is 43.3 Å². The van der Waals surface area contributed by atoms with E-state index in [0.29, 0.717) is 30.7 Å². The number of terminal acetylenes is 1. The number of amides is 1. The number of hydrogen-bond acceptors (Lipinski definition) is 10. The molecule has 1 aromatic heterocycles. The van der Waals surface area contributed by atoms with Gasteiger partial charge in [-0.15, -0.1) is 6.42 Å². The lowest BCUT2D eigenvalue weighted by Crippen LogP contribution is -2.39. The molecule has 250 valence electrons. The normalized spacial score (nSPS) is 14.7. The third-order valence-corrected chi connectivity index (χ3v) is 8.80. The highest BCUT2D eigenvalue weighted by atomic mass is 79.9. The van der Waals surface area contributed by atoms with Gasteiger partial charge >= 0.3 is 13.6 Å². The zero-order chi connectivity index (χ0) is 35.1. The van der Waals surface area contributed by atoms with Gasteiger partial charge in [0.2, 0.25) is 4.80 Å². The van der Waals surface area contributed by atoms with Crippen LogP contribution in [-0.4, -0.2) is 66.8 Å². The lowest BCUT2D eigenvalue weighted by molar-refractivity contribution is -0.135. The number of phenols is 1. The van der Waals surface area contributed by atoms with Gasteiger partial charge in [-0.1, -0.05) is 19.8 Å². The summed E-state index contributed by atoms with van der Waals surface area (Å²) in [5.74, 6) is 1.89. The highest BCUT2D eigenvalue weighted by Crippen LogP contribution is 2.38. The highest BCUT2D eigenvalue weighted by molar-refractivity contribution is 9.11. The second kappa shape index (κ2) is 16.0. The molecule has 0 saturated heterocycles. The van der Waals surface area contributed by atoms with Gasteiger partial charge in [0.05, 0.1) is 45.6 Å². The van der Waals surface area contributed by atoms with Crippen LogP contribution >= 0.6 is 51.0 Å². The molecule has 0 atom stereocenters. The number of carboxylic acid groups (broad SMARTS) is 1. The molecule has 3 heterocycles. The molecule has 1 amide bonds. The number of fused-ring (bicyclic) bond motifs is 2. The van der Waals surface area contributed by atoms with Crippen LogP contribution in [0.25, 0.3) is 0 Å². The number of aromatic hydroxyl groups is 1. The number of rotatable bonds is 6. The number of halogens is 3. The number of carbonyl (C=O) groups excluding carboxylic acids is 1. The molecule has 0 fully saturated rings. The van der Waals surface area contributed by atoms with Crippen molar-refractivity contribution in [1.82, 2.24) is 14.3 Å². The number of benzene rings is 2. The quantitative estimate of drug-likeness (QED) is 0.178. The van der Waals surface area contributed by atoms with Crippen molar-refractivity contribution >= 4 is 74.2 Å². The SMILES string of the molecule is C#CCN1C(=O)COc2cc(F)c(/N=c3\snc4n3CC(C)(C)C4)cc21.N#Cc1cc(Br)c(O)c(Br)c1.O=C(O)CNCP(=O)(O)O. The first-order valence-electron chi connectivity index (χ1n) is 13.3. The summed E-state index contributed by atoms with van der Waals surface area (Å²) in [7, 11) is -4.10. The predicted molar refractivity (Wildman–Crippen MR) is 177 cm³/mol. The second-order valence-corrected chi connectivity index (χ2v) is 14.8. The lowest BCUT2D eigenvalue weighted by atomic mass is 9.92. The number of aromatic nitrogens is 2. The molecule has 3 aromatic rings. The van der Waals surface area contributed by atoms with E-state index < -0.39 is 32.2 Å². The minimum atomic E-state index is -4.10. The van der Waals surface area contributed by atoms with E-state index in [9.17, 15) is 23.7 Å². The molecule has 5 N–H and O–H groups in total. The molecule has 2 aliphatic heterocycles. The number of hydrogen-bond donors (Lipinski definition) is 5. The summed E-state index contributed by atoms with van der Waals surface area (Å²) < 4.78 is 37.4. The third kappa shape index (κ3) is 10.7. The Morgan fingerprint density at radius 2 is 1.96 bits per heavy atom. The van der Waals surface area contributed by atoms with Crippen LogP contribution in [0.5, 0.6) is 11.5 Å². The van der Waals surface area contributed by atoms with E-state index in [1.54, 1.807) is 12.1 Å². The maximum absolute atomic E-state index is 14.5. The zero-order valence-electron chi connectivity index (χ0n) is 24.8. The standard InChI is InChI=1S/C18H17FN4O2S.C7H3Br2NO.C3H8NO5P/c1-4-5-22-13-7-12(11(19)6-14(13)25-9-16(22)24)20-17-23-10-18(2,3)8-15(23)21-26-17;8-5-1-4(3-10)2-6(9)7(5)11;5-3(6)1-4-2-10(7,8)9/h1,6-7H,5,8-10H2,2-3H3;1-2,11H;4H,1-2H2,(H,5,6)(H2,7,8,9)/b20-17-;;. The van der Waals surface area contributed by atoms with Gasteiger partial charge in [-0.3, -0.25) is 24.4 Å². The number of carbonyl (C=O) groups is 2. The van der Waals surface area contributed by atoms with E-state index in [4.69, 9.17) is 31.3 Å². The molecule has 0 unspecified atom stereocenters. The molecule has 2 aromatic carbocycles. The predicted octanol–water partition coefficient (Wildman–Crippen LogP) is 3.84. The molecular formula is C28H28Br2FN6O8PS. The van der Waals surface area contributed by atoms with Gasteiger partial charge in [0.15, 0.2) is 12.4 Å². The fourth-order valence-electron chi connectivity index (χ4n) is 4.18. The summed E-state index contributed by atoms with van der Waals surface area (Å²) in [6.45, 7) is 4.61. The molecule has 14 nitrogen and oxygen atoms in total. The maximum atomic E-state index is 14.5. The van der Waals surface area contributed by atoms with Crippen LogP contribution < -0.4 is 19.8 Å². The van der Waals surface area contributed by atoms with E-state index in [-0.39, 0.29) is 35.9 Å². The molecule has 0 saturated carbocycles. The maximum Gasteiger partial charge on any atom is 0.339 e. The summed E-state index contributed by atoms with van der Waals surface area (Å²) in [6, 6.07) is 7.83. The summed E-state index contributed by atoms with van der Waals surface area (Å²) in [4.78, 5) is 44.7. The van der Waals surface area contributed by atoms with Crippen molar-refractivity contribution in [3.8, 4) is 29.9 Å². The number of carboxylic acids is 1.